The molecule has 0 radical (unpaired) electrons. The first-order valence-corrected chi connectivity index (χ1v) is 12.0. The highest BCUT2D eigenvalue weighted by molar-refractivity contribution is 6.05. The largest absolute Gasteiger partial charge is 0.508 e. The van der Waals surface area contributed by atoms with E-state index in [0.717, 1.165) is 22.3 Å². The van der Waals surface area contributed by atoms with Crippen molar-refractivity contribution < 1.29 is 24.9 Å². The van der Waals surface area contributed by atoms with Crippen LogP contribution >= 0.6 is 0 Å². The number of aliphatic hydroxyl groups excluding tert-OH is 2. The SMILES string of the molecule is CCCN1C(=O)[C@@H]2[C@@H](CC(C(C)C)=C([C@H](O)CC/C(C)=C/c3cccc(O)c3)[C@@H]2CO)C1=O. The number of fused-ring (bicyclic) bond motifs is 1. The van der Waals surface area contributed by atoms with Gasteiger partial charge in [-0.05, 0) is 61.8 Å². The summed E-state index contributed by atoms with van der Waals surface area (Å²) in [5.74, 6) is -1.60. The monoisotopic (exact) mass is 455 g/mol. The topological polar surface area (TPSA) is 98.1 Å². The van der Waals surface area contributed by atoms with Gasteiger partial charge in [0.15, 0.2) is 0 Å². The molecular formula is C27H37NO5. The van der Waals surface area contributed by atoms with E-state index in [2.05, 4.69) is 0 Å². The molecule has 3 N–H and O–H groups in total. The van der Waals surface area contributed by atoms with Gasteiger partial charge < -0.3 is 15.3 Å². The molecular weight excluding hydrogens is 418 g/mol. The van der Waals surface area contributed by atoms with E-state index in [1.165, 1.54) is 4.90 Å². The van der Waals surface area contributed by atoms with Crippen molar-refractivity contribution in [3.8, 4) is 5.75 Å². The quantitative estimate of drug-likeness (QED) is 0.387. The van der Waals surface area contributed by atoms with Crippen LogP contribution < -0.4 is 0 Å². The summed E-state index contributed by atoms with van der Waals surface area (Å²) in [7, 11) is 0. The van der Waals surface area contributed by atoms with E-state index in [4.69, 9.17) is 0 Å². The number of hydrogen-bond acceptors (Lipinski definition) is 5. The fraction of sp³-hybridized carbons (Fsp3) is 0.556. The molecule has 6 nitrogen and oxygen atoms in total. The lowest BCUT2D eigenvalue weighted by Gasteiger charge is -2.38. The average molecular weight is 456 g/mol. The second-order valence-corrected chi connectivity index (χ2v) is 9.73. The van der Waals surface area contributed by atoms with Crippen LogP contribution in [0.1, 0.15) is 58.9 Å². The lowest BCUT2D eigenvalue weighted by molar-refractivity contribution is -0.140. The lowest BCUT2D eigenvalue weighted by atomic mass is 9.66. The molecule has 1 aromatic carbocycles. The Morgan fingerprint density at radius 2 is 1.97 bits per heavy atom. The van der Waals surface area contributed by atoms with Gasteiger partial charge in [-0.15, -0.1) is 0 Å². The number of likely N-dealkylation sites (tertiary alicyclic amines) is 1. The molecule has 1 aliphatic heterocycles. The Morgan fingerprint density at radius 3 is 2.58 bits per heavy atom. The van der Waals surface area contributed by atoms with E-state index in [1.54, 1.807) is 18.2 Å². The Hall–Kier alpha value is -2.44. The highest BCUT2D eigenvalue weighted by atomic mass is 16.3. The van der Waals surface area contributed by atoms with Crippen molar-refractivity contribution in [3.63, 3.8) is 0 Å². The Morgan fingerprint density at radius 1 is 1.24 bits per heavy atom. The second kappa shape index (κ2) is 10.7. The molecule has 1 heterocycles. The van der Waals surface area contributed by atoms with Crippen molar-refractivity contribution >= 4 is 17.9 Å². The van der Waals surface area contributed by atoms with Crippen LogP contribution in [0.25, 0.3) is 6.08 Å². The van der Waals surface area contributed by atoms with Gasteiger partial charge in [0.2, 0.25) is 11.8 Å². The maximum Gasteiger partial charge on any atom is 0.233 e. The Balaban J connectivity index is 1.84. The van der Waals surface area contributed by atoms with Crippen molar-refractivity contribution in [2.45, 2.75) is 59.5 Å². The number of nitrogens with zero attached hydrogens (tertiary/aromatic N) is 1. The van der Waals surface area contributed by atoms with Crippen LogP contribution in [-0.2, 0) is 9.59 Å². The smallest absolute Gasteiger partial charge is 0.233 e. The predicted molar refractivity (Wildman–Crippen MR) is 128 cm³/mol. The second-order valence-electron chi connectivity index (χ2n) is 9.73. The molecule has 1 aromatic rings. The van der Waals surface area contributed by atoms with Crippen LogP contribution in [0, 0.1) is 23.7 Å². The number of carbonyl (C=O) groups is 2. The van der Waals surface area contributed by atoms with E-state index >= 15 is 0 Å². The number of aliphatic hydroxyl groups is 2. The Bertz CT molecular complexity index is 948. The highest BCUT2D eigenvalue weighted by Crippen LogP contribution is 2.47. The first-order chi connectivity index (χ1) is 15.7. The van der Waals surface area contributed by atoms with Crippen molar-refractivity contribution in [3.05, 3.63) is 46.5 Å². The molecule has 6 heteroatoms. The number of hydrogen-bond donors (Lipinski definition) is 3. The summed E-state index contributed by atoms with van der Waals surface area (Å²) >= 11 is 0. The average Bonchev–Trinajstić information content (AvgIpc) is 3.01. The molecule has 0 aromatic heterocycles. The van der Waals surface area contributed by atoms with Crippen LogP contribution in [0.15, 0.2) is 41.0 Å². The maximum atomic E-state index is 13.1. The normalized spacial score (nSPS) is 24.6. The molecule has 0 unspecified atom stereocenters. The molecule has 0 spiro atoms. The molecule has 4 atom stereocenters. The van der Waals surface area contributed by atoms with Crippen LogP contribution in [0.4, 0.5) is 0 Å². The van der Waals surface area contributed by atoms with Gasteiger partial charge in [0.25, 0.3) is 0 Å². The van der Waals surface area contributed by atoms with Crippen molar-refractivity contribution in [1.82, 2.24) is 4.90 Å². The van der Waals surface area contributed by atoms with Crippen LogP contribution in [0.2, 0.25) is 0 Å². The summed E-state index contributed by atoms with van der Waals surface area (Å²) in [6, 6.07) is 7.01. The molecule has 2 aliphatic rings. The fourth-order valence-electron chi connectivity index (χ4n) is 5.44. The molecule has 33 heavy (non-hydrogen) atoms. The number of amides is 2. The zero-order valence-electron chi connectivity index (χ0n) is 20.1. The minimum atomic E-state index is -0.795. The minimum Gasteiger partial charge on any atom is -0.508 e. The number of allylic oxidation sites excluding steroid dienone is 2. The summed E-state index contributed by atoms with van der Waals surface area (Å²) in [6.07, 6.45) is 3.44. The van der Waals surface area contributed by atoms with Crippen LogP contribution in [-0.4, -0.2) is 51.3 Å². The highest BCUT2D eigenvalue weighted by Gasteiger charge is 2.54. The van der Waals surface area contributed by atoms with Crippen molar-refractivity contribution in [1.29, 1.82) is 0 Å². The maximum absolute atomic E-state index is 13.1. The molecule has 1 fully saturated rings. The third-order valence-electron chi connectivity index (χ3n) is 7.01. The first kappa shape index (κ1) is 25.2. The van der Waals surface area contributed by atoms with Gasteiger partial charge in [0.1, 0.15) is 5.75 Å². The Kier molecular flexibility index (Phi) is 8.14. The number of phenolic OH excluding ortho intramolecular Hbond substituents is 1. The number of aromatic hydroxyl groups is 1. The molecule has 0 saturated carbocycles. The zero-order chi connectivity index (χ0) is 24.3. The fourth-order valence-corrected chi connectivity index (χ4v) is 5.44. The zero-order valence-corrected chi connectivity index (χ0v) is 20.1. The third-order valence-corrected chi connectivity index (χ3v) is 7.01. The molecule has 0 bridgehead atoms. The summed E-state index contributed by atoms with van der Waals surface area (Å²) in [5.41, 5.74) is 3.70. The van der Waals surface area contributed by atoms with E-state index in [0.29, 0.717) is 32.2 Å². The number of imide groups is 1. The number of benzene rings is 1. The number of phenols is 1. The standard InChI is InChI=1S/C27H37NO5/c1-5-11-28-26(32)21-14-20(16(2)3)24(22(15-29)25(21)27(28)33)23(31)10-9-17(4)12-18-7-6-8-19(30)13-18/h6-8,12-13,16,21-23,25,29-31H,5,9-11,14-15H2,1-4H3/b17-12+/t21-,22+,23-,25-/m1/s1. The number of rotatable bonds is 9. The first-order valence-electron chi connectivity index (χ1n) is 12.0. The summed E-state index contributed by atoms with van der Waals surface area (Å²) in [4.78, 5) is 27.4. The van der Waals surface area contributed by atoms with Gasteiger partial charge in [-0.2, -0.15) is 0 Å². The third kappa shape index (κ3) is 5.22. The van der Waals surface area contributed by atoms with E-state index in [9.17, 15) is 24.9 Å². The molecule has 180 valence electrons. The van der Waals surface area contributed by atoms with E-state index in [1.807, 2.05) is 39.8 Å². The number of carbonyl (C=O) groups excluding carboxylic acids is 2. The van der Waals surface area contributed by atoms with E-state index in [-0.39, 0.29) is 30.1 Å². The van der Waals surface area contributed by atoms with Crippen molar-refractivity contribution in [2.24, 2.45) is 23.7 Å². The summed E-state index contributed by atoms with van der Waals surface area (Å²) in [6.45, 7) is 8.13. The van der Waals surface area contributed by atoms with Gasteiger partial charge >= 0.3 is 0 Å². The predicted octanol–water partition coefficient (Wildman–Crippen LogP) is 3.91. The van der Waals surface area contributed by atoms with Crippen molar-refractivity contribution in [2.75, 3.05) is 13.2 Å². The summed E-state index contributed by atoms with van der Waals surface area (Å²) in [5, 5.41) is 31.2. The van der Waals surface area contributed by atoms with E-state index < -0.39 is 23.9 Å². The molecule has 1 aliphatic carbocycles. The van der Waals surface area contributed by atoms with Crippen LogP contribution in [0.3, 0.4) is 0 Å². The van der Waals surface area contributed by atoms with Crippen LogP contribution in [0.5, 0.6) is 5.75 Å². The molecule has 2 amide bonds. The molecule has 1 saturated heterocycles. The van der Waals surface area contributed by atoms with Gasteiger partial charge in [-0.25, -0.2) is 0 Å². The van der Waals surface area contributed by atoms with Gasteiger partial charge in [-0.1, -0.05) is 50.1 Å². The van der Waals surface area contributed by atoms with Gasteiger partial charge in [-0.3, -0.25) is 14.5 Å². The lowest BCUT2D eigenvalue weighted by Crippen LogP contribution is -2.39. The Labute approximate surface area is 196 Å². The van der Waals surface area contributed by atoms with Gasteiger partial charge in [0.05, 0.1) is 24.5 Å². The molecule has 3 rings (SSSR count). The summed E-state index contributed by atoms with van der Waals surface area (Å²) < 4.78 is 0. The minimum absolute atomic E-state index is 0.108. The van der Waals surface area contributed by atoms with Gasteiger partial charge in [0, 0.05) is 12.5 Å².